The van der Waals surface area contributed by atoms with Crippen LogP contribution in [0.25, 0.3) is 0 Å². The average molecular weight is 1100 g/mol. The van der Waals surface area contributed by atoms with Crippen molar-refractivity contribution in [2.24, 2.45) is 35.3 Å². The first-order valence-electron chi connectivity index (χ1n) is 22.9. The highest BCUT2D eigenvalue weighted by molar-refractivity contribution is 9.10. The van der Waals surface area contributed by atoms with Crippen LogP contribution >= 0.6 is 15.9 Å². The minimum atomic E-state index is -4.60. The van der Waals surface area contributed by atoms with E-state index in [-0.39, 0.29) is 16.5 Å². The standard InChI is InChI=1S/C24H24F5N5O2.C13H19N3O.C10H5BrF5N3O/c1-35-21-9-16(7-8-30-21)33-11-14-5-6-15(12-33)17(14)10-20-31-23(34(32-20)13-24(27,28)29)36-19-4-2-3-18(25)22(19)26;1-17-12-6-11(4-5-15-12)16-7-9-2-3-10(8-16)13(9)14;11-8-17-9(19(18-8)4-10(14,15)16)20-6-3-1-2-5(12)7(6)13/h2-4,7-9,14-15,17H,5-6,10-13H2,1H3;4-6,9-10,13H,2-3,7-8,14H2,1H3;1-3H,4H2. The maximum absolute atomic E-state index is 14.1. The Kier molecular flexibility index (Phi) is 16.2. The Hall–Kier alpha value is -6.44. The van der Waals surface area contributed by atoms with Crippen LogP contribution in [-0.2, 0) is 19.5 Å². The molecule has 15 nitrogen and oxygen atoms in total. The Balaban J connectivity index is 0.000000161. The van der Waals surface area contributed by atoms with Gasteiger partial charge in [-0.2, -0.15) is 50.2 Å². The molecule has 73 heavy (non-hydrogen) atoms. The van der Waals surface area contributed by atoms with Gasteiger partial charge < -0.3 is 34.5 Å². The first-order valence-corrected chi connectivity index (χ1v) is 23.7. The molecular weight excluding hydrogens is 1050 g/mol. The van der Waals surface area contributed by atoms with Crippen molar-refractivity contribution < 1.29 is 62.9 Å². The molecule has 0 amide bonds. The highest BCUT2D eigenvalue weighted by Gasteiger charge is 2.43. The van der Waals surface area contributed by atoms with Gasteiger partial charge in [-0.3, -0.25) is 0 Å². The Labute approximate surface area is 419 Å². The van der Waals surface area contributed by atoms with Gasteiger partial charge in [-0.1, -0.05) is 12.1 Å². The van der Waals surface area contributed by atoms with Crippen LogP contribution in [0.5, 0.6) is 35.3 Å². The summed E-state index contributed by atoms with van der Waals surface area (Å²) in [5, 5.41) is 7.45. The van der Waals surface area contributed by atoms with Crippen molar-refractivity contribution in [3.8, 4) is 35.3 Å². The molecule has 6 heterocycles. The number of alkyl halides is 6. The van der Waals surface area contributed by atoms with Gasteiger partial charge in [0, 0.05) is 74.5 Å². The number of hydrogen-bond donors (Lipinski definition) is 1. The maximum atomic E-state index is 14.1. The van der Waals surface area contributed by atoms with Crippen LogP contribution in [0, 0.1) is 52.9 Å². The Morgan fingerprint density at radius 2 is 1.05 bits per heavy atom. The van der Waals surface area contributed by atoms with Crippen LogP contribution in [0.1, 0.15) is 31.5 Å². The summed E-state index contributed by atoms with van der Waals surface area (Å²) in [5.41, 5.74) is 8.44. The molecule has 10 rings (SSSR count). The zero-order valence-electron chi connectivity index (χ0n) is 39.0. The predicted octanol–water partition coefficient (Wildman–Crippen LogP) is 9.96. The molecule has 4 aromatic heterocycles. The number of hydrogen-bond acceptors (Lipinski definition) is 13. The van der Waals surface area contributed by atoms with E-state index in [1.165, 1.54) is 24.6 Å². The monoisotopic (exact) mass is 1100 g/mol. The fraction of sp³-hybridized carbons (Fsp3) is 0.447. The molecule has 6 aromatic rings. The van der Waals surface area contributed by atoms with Gasteiger partial charge in [0.05, 0.1) is 14.2 Å². The lowest BCUT2D eigenvalue weighted by Gasteiger charge is -2.39. The van der Waals surface area contributed by atoms with E-state index >= 15 is 0 Å². The fourth-order valence-electron chi connectivity index (χ4n) is 9.76. The van der Waals surface area contributed by atoms with Gasteiger partial charge in [0.15, 0.2) is 29.0 Å². The van der Waals surface area contributed by atoms with E-state index in [1.807, 2.05) is 24.4 Å². The molecule has 4 bridgehead atoms. The van der Waals surface area contributed by atoms with E-state index in [4.69, 9.17) is 24.7 Å². The topological polar surface area (TPSA) is 157 Å². The minimum Gasteiger partial charge on any atom is -0.481 e. The second-order valence-electron chi connectivity index (χ2n) is 17.9. The number of fused-ring (bicyclic) bond motifs is 4. The molecule has 2 saturated heterocycles. The van der Waals surface area contributed by atoms with E-state index in [2.05, 4.69) is 61.9 Å². The molecule has 26 heteroatoms. The zero-order chi connectivity index (χ0) is 52.2. The van der Waals surface area contributed by atoms with Gasteiger partial charge in [-0.15, -0.1) is 5.10 Å². The van der Waals surface area contributed by atoms with Gasteiger partial charge >= 0.3 is 24.4 Å². The average Bonchev–Trinajstić information content (AvgIpc) is 3.99. The number of pyridine rings is 2. The summed E-state index contributed by atoms with van der Waals surface area (Å²) in [7, 11) is 3.22. The Morgan fingerprint density at radius 3 is 1.52 bits per heavy atom. The number of aromatic nitrogens is 8. The third-order valence-electron chi connectivity index (χ3n) is 13.1. The van der Waals surface area contributed by atoms with Crippen LogP contribution < -0.4 is 34.5 Å². The van der Waals surface area contributed by atoms with Gasteiger partial charge in [0.2, 0.25) is 28.1 Å². The molecule has 2 saturated carbocycles. The third kappa shape index (κ3) is 13.2. The second kappa shape index (κ2) is 22.4. The fourth-order valence-corrected chi connectivity index (χ4v) is 10.1. The molecule has 4 unspecified atom stereocenters. The summed E-state index contributed by atoms with van der Waals surface area (Å²) in [4.78, 5) is 20.7. The molecule has 0 radical (unpaired) electrons. The number of methoxy groups -OCH3 is 2. The molecule has 4 aliphatic rings. The summed E-state index contributed by atoms with van der Waals surface area (Å²) >= 11 is 2.78. The summed E-state index contributed by atoms with van der Waals surface area (Å²) in [6.07, 6.45) is -0.729. The van der Waals surface area contributed by atoms with E-state index in [9.17, 15) is 43.9 Å². The van der Waals surface area contributed by atoms with Crippen LogP contribution in [0.15, 0.2) is 77.8 Å². The Morgan fingerprint density at radius 1 is 0.616 bits per heavy atom. The molecule has 392 valence electrons. The summed E-state index contributed by atoms with van der Waals surface area (Å²) in [6.45, 7) is 0.792. The number of rotatable bonds is 12. The molecule has 4 atom stereocenters. The number of benzene rings is 2. The van der Waals surface area contributed by atoms with Crippen LogP contribution in [0.4, 0.5) is 55.3 Å². The largest absolute Gasteiger partial charge is 0.481 e. The molecule has 4 fully saturated rings. The quantitative estimate of drug-likeness (QED) is 0.116. The van der Waals surface area contributed by atoms with Crippen LogP contribution in [-0.4, -0.2) is 98.3 Å². The van der Waals surface area contributed by atoms with Crippen molar-refractivity contribution >= 4 is 27.3 Å². The van der Waals surface area contributed by atoms with Gasteiger partial charge in [-0.25, -0.2) is 28.1 Å². The molecule has 2 aromatic carbocycles. The third-order valence-corrected chi connectivity index (χ3v) is 13.5. The summed E-state index contributed by atoms with van der Waals surface area (Å²) in [6, 6.07) is 13.4. The molecule has 0 spiro atoms. The van der Waals surface area contributed by atoms with Gasteiger partial charge in [-0.05, 0) is 108 Å². The highest BCUT2D eigenvalue weighted by Crippen LogP contribution is 2.45. The molecular formula is C47H48BrF10N11O4. The number of anilines is 2. The summed E-state index contributed by atoms with van der Waals surface area (Å²) < 4.78 is 152. The van der Waals surface area contributed by atoms with Crippen molar-refractivity contribution in [2.75, 3.05) is 50.2 Å². The predicted molar refractivity (Wildman–Crippen MR) is 246 cm³/mol. The van der Waals surface area contributed by atoms with E-state index in [0.717, 1.165) is 75.0 Å². The SMILES string of the molecule is COc1cc(N2CC3CCC(C2)C3Cc2nc(Oc3cccc(F)c3F)n(CC(F)(F)F)n2)ccn1.COc1cc(N2CC3CCC(C2)C3N)ccn1.Fc1cccc(Oc2nc(Br)nn2CC(F)(F)F)c1F. The highest BCUT2D eigenvalue weighted by atomic mass is 79.9. The van der Waals surface area contributed by atoms with Gasteiger partial charge in [0.25, 0.3) is 0 Å². The normalized spacial score (nSPS) is 21.2. The summed E-state index contributed by atoms with van der Waals surface area (Å²) in [5.74, 6) is -2.62. The number of halogens is 11. The van der Waals surface area contributed by atoms with Crippen LogP contribution in [0.3, 0.4) is 0 Å². The van der Waals surface area contributed by atoms with Crippen molar-refractivity contribution in [3.63, 3.8) is 0 Å². The van der Waals surface area contributed by atoms with E-state index in [1.54, 1.807) is 20.4 Å². The lowest BCUT2D eigenvalue weighted by molar-refractivity contribution is -0.144. The first-order chi connectivity index (χ1) is 34.7. The van der Waals surface area contributed by atoms with Gasteiger partial charge in [0.1, 0.15) is 13.1 Å². The zero-order valence-corrected chi connectivity index (χ0v) is 40.6. The minimum absolute atomic E-state index is 0.173. The van der Waals surface area contributed by atoms with Crippen molar-refractivity contribution in [1.29, 1.82) is 0 Å². The van der Waals surface area contributed by atoms with Crippen molar-refractivity contribution in [3.05, 3.63) is 107 Å². The lowest BCUT2D eigenvalue weighted by atomic mass is 9.82. The lowest BCUT2D eigenvalue weighted by Crippen LogP contribution is -2.48. The van der Waals surface area contributed by atoms with Crippen molar-refractivity contribution in [2.45, 2.75) is 63.6 Å². The number of ether oxygens (including phenoxy) is 4. The molecule has 2 N–H and O–H groups in total. The second-order valence-corrected chi connectivity index (χ2v) is 18.6. The number of nitrogens with zero attached hydrogens (tertiary/aromatic N) is 10. The Bertz CT molecular complexity index is 2810. The number of nitrogens with two attached hydrogens (primary N) is 1. The molecule has 2 aliphatic heterocycles. The van der Waals surface area contributed by atoms with E-state index < -0.39 is 72.2 Å². The van der Waals surface area contributed by atoms with E-state index in [0.29, 0.717) is 57.3 Å². The first kappa shape index (κ1) is 52.9. The van der Waals surface area contributed by atoms with Crippen LogP contribution in [0.2, 0.25) is 0 Å². The molecule has 2 aliphatic carbocycles. The van der Waals surface area contributed by atoms with Crippen molar-refractivity contribution in [1.82, 2.24) is 39.5 Å². The maximum Gasteiger partial charge on any atom is 0.408 e. The number of piperidine rings is 2. The smallest absolute Gasteiger partial charge is 0.408 e.